The smallest absolute Gasteiger partial charge is 0.262 e. The molecule has 0 bridgehead atoms. The van der Waals surface area contributed by atoms with Crippen LogP contribution in [0.1, 0.15) is 42.4 Å². The van der Waals surface area contributed by atoms with E-state index in [9.17, 15) is 4.79 Å². The van der Waals surface area contributed by atoms with Crippen LogP contribution in [0.15, 0.2) is 11.4 Å². The zero-order chi connectivity index (χ0) is 13.6. The molecule has 0 saturated carbocycles. The van der Waals surface area contributed by atoms with E-state index < -0.39 is 0 Å². The topological polar surface area (TPSA) is 49.3 Å². The molecule has 3 nitrogen and oxygen atoms in total. The van der Waals surface area contributed by atoms with Gasteiger partial charge in [-0.2, -0.15) is 0 Å². The van der Waals surface area contributed by atoms with Gasteiger partial charge in [0.05, 0.1) is 6.61 Å². The lowest BCUT2D eigenvalue weighted by Crippen LogP contribution is -2.32. The van der Waals surface area contributed by atoms with Gasteiger partial charge in [0.25, 0.3) is 5.91 Å². The summed E-state index contributed by atoms with van der Waals surface area (Å²) in [5.74, 6) is 5.67. The Morgan fingerprint density at radius 1 is 1.50 bits per heavy atom. The van der Waals surface area contributed by atoms with Crippen LogP contribution in [0.3, 0.4) is 0 Å². The molecule has 0 aliphatic rings. The first-order chi connectivity index (χ1) is 8.44. The Hall–Kier alpha value is -1.31. The maximum atomic E-state index is 12.0. The summed E-state index contributed by atoms with van der Waals surface area (Å²) in [7, 11) is 0. The van der Waals surface area contributed by atoms with Crippen LogP contribution >= 0.6 is 11.3 Å². The zero-order valence-electron chi connectivity index (χ0n) is 11.0. The van der Waals surface area contributed by atoms with E-state index in [2.05, 4.69) is 37.9 Å². The van der Waals surface area contributed by atoms with Crippen LogP contribution in [0.5, 0.6) is 0 Å². The third-order valence-electron chi connectivity index (χ3n) is 2.11. The first kappa shape index (κ1) is 14.7. The molecule has 0 aliphatic carbocycles. The van der Waals surface area contributed by atoms with Crippen molar-refractivity contribution in [3.8, 4) is 11.8 Å². The van der Waals surface area contributed by atoms with Crippen molar-refractivity contribution in [1.82, 2.24) is 5.32 Å². The molecule has 0 unspecified atom stereocenters. The summed E-state index contributed by atoms with van der Waals surface area (Å²) < 4.78 is 0. The summed E-state index contributed by atoms with van der Waals surface area (Å²) in [6.45, 7) is 6.90. The van der Waals surface area contributed by atoms with Gasteiger partial charge in [0.15, 0.2) is 0 Å². The van der Waals surface area contributed by atoms with Crippen LogP contribution in [0.4, 0.5) is 0 Å². The SMILES string of the molecule is CC(C)(C)CNC(=O)c1sccc1C#CCCO. The number of carbonyl (C=O) groups excluding carboxylic acids is 1. The Kier molecular flexibility index (Phi) is 5.39. The van der Waals surface area contributed by atoms with Gasteiger partial charge in [-0.05, 0) is 16.9 Å². The molecule has 0 spiro atoms. The van der Waals surface area contributed by atoms with Crippen LogP contribution in [0.2, 0.25) is 0 Å². The molecule has 2 N–H and O–H groups in total. The van der Waals surface area contributed by atoms with E-state index in [-0.39, 0.29) is 17.9 Å². The van der Waals surface area contributed by atoms with Gasteiger partial charge >= 0.3 is 0 Å². The highest BCUT2D eigenvalue weighted by Gasteiger charge is 2.15. The number of rotatable bonds is 3. The van der Waals surface area contributed by atoms with E-state index in [0.717, 1.165) is 5.56 Å². The highest BCUT2D eigenvalue weighted by molar-refractivity contribution is 7.12. The van der Waals surface area contributed by atoms with Crippen LogP contribution in [0.25, 0.3) is 0 Å². The van der Waals surface area contributed by atoms with Crippen molar-refractivity contribution in [3.63, 3.8) is 0 Å². The minimum Gasteiger partial charge on any atom is -0.395 e. The number of aliphatic hydroxyl groups excluding tert-OH is 1. The molecule has 98 valence electrons. The van der Waals surface area contributed by atoms with E-state index >= 15 is 0 Å². The molecule has 0 aliphatic heterocycles. The average molecular weight is 265 g/mol. The number of amides is 1. The molecule has 1 heterocycles. The Morgan fingerprint density at radius 2 is 2.22 bits per heavy atom. The fraction of sp³-hybridized carbons (Fsp3) is 0.500. The zero-order valence-corrected chi connectivity index (χ0v) is 11.9. The second kappa shape index (κ2) is 6.58. The number of aliphatic hydroxyl groups is 1. The van der Waals surface area contributed by atoms with Gasteiger partial charge < -0.3 is 10.4 Å². The van der Waals surface area contributed by atoms with E-state index in [1.165, 1.54) is 11.3 Å². The van der Waals surface area contributed by atoms with Crippen molar-refractivity contribution in [3.05, 3.63) is 21.9 Å². The molecule has 1 rings (SSSR count). The third kappa shape index (κ3) is 4.91. The molecule has 0 atom stereocenters. The first-order valence-electron chi connectivity index (χ1n) is 5.89. The van der Waals surface area contributed by atoms with Gasteiger partial charge in [0.2, 0.25) is 0 Å². The highest BCUT2D eigenvalue weighted by Crippen LogP contribution is 2.17. The second-order valence-electron chi connectivity index (χ2n) is 5.18. The largest absolute Gasteiger partial charge is 0.395 e. The Bertz CT molecular complexity index is 460. The van der Waals surface area contributed by atoms with Crippen molar-refractivity contribution in [2.75, 3.05) is 13.2 Å². The number of nitrogens with one attached hydrogen (secondary N) is 1. The molecule has 0 saturated heterocycles. The maximum Gasteiger partial charge on any atom is 0.262 e. The number of carbonyl (C=O) groups is 1. The molecule has 1 aromatic heterocycles. The molecular formula is C14H19NO2S. The lowest BCUT2D eigenvalue weighted by Gasteiger charge is -2.18. The van der Waals surface area contributed by atoms with Gasteiger partial charge in [-0.3, -0.25) is 4.79 Å². The van der Waals surface area contributed by atoms with Crippen LogP contribution in [0, 0.1) is 17.3 Å². The van der Waals surface area contributed by atoms with E-state index in [4.69, 9.17) is 5.11 Å². The van der Waals surface area contributed by atoms with E-state index in [1.54, 1.807) is 0 Å². The normalized spacial score (nSPS) is 10.7. The summed E-state index contributed by atoms with van der Waals surface area (Å²) in [5, 5.41) is 13.4. The van der Waals surface area contributed by atoms with Crippen molar-refractivity contribution in [1.29, 1.82) is 0 Å². The molecule has 4 heteroatoms. The standard InChI is InChI=1S/C14H19NO2S/c1-14(2,3)10-15-13(17)12-11(7-9-18-12)6-4-5-8-16/h7,9,16H,5,8,10H2,1-3H3,(H,15,17). The minimum atomic E-state index is -0.0757. The van der Waals surface area contributed by atoms with Crippen LogP contribution in [-0.4, -0.2) is 24.2 Å². The molecular weight excluding hydrogens is 246 g/mol. The molecule has 0 aromatic carbocycles. The highest BCUT2D eigenvalue weighted by atomic mass is 32.1. The minimum absolute atomic E-state index is 0.0443. The number of hydrogen-bond acceptors (Lipinski definition) is 3. The Balaban J connectivity index is 2.70. The molecule has 1 amide bonds. The number of hydrogen-bond donors (Lipinski definition) is 2. The van der Waals surface area contributed by atoms with Gasteiger partial charge in [0.1, 0.15) is 4.88 Å². The molecule has 0 fully saturated rings. The Morgan fingerprint density at radius 3 is 2.83 bits per heavy atom. The van der Waals surface area contributed by atoms with Crippen LogP contribution < -0.4 is 5.32 Å². The fourth-order valence-electron chi connectivity index (χ4n) is 1.22. The molecule has 0 radical (unpaired) electrons. The third-order valence-corrected chi connectivity index (χ3v) is 3.02. The molecule has 18 heavy (non-hydrogen) atoms. The van der Waals surface area contributed by atoms with Crippen molar-refractivity contribution in [2.45, 2.75) is 27.2 Å². The van der Waals surface area contributed by atoms with Gasteiger partial charge in [-0.1, -0.05) is 32.6 Å². The summed E-state index contributed by atoms with van der Waals surface area (Å²) in [6, 6.07) is 1.83. The van der Waals surface area contributed by atoms with Gasteiger partial charge in [0, 0.05) is 18.5 Å². The average Bonchev–Trinajstić information content (AvgIpc) is 2.74. The second-order valence-corrected chi connectivity index (χ2v) is 6.10. The summed E-state index contributed by atoms with van der Waals surface area (Å²) in [4.78, 5) is 12.6. The fourth-order valence-corrected chi connectivity index (χ4v) is 1.99. The maximum absolute atomic E-state index is 12.0. The Labute approximate surface area is 112 Å². The summed E-state index contributed by atoms with van der Waals surface area (Å²) in [6.07, 6.45) is 0.429. The predicted molar refractivity (Wildman–Crippen MR) is 74.7 cm³/mol. The predicted octanol–water partition coefficient (Wildman–Crippen LogP) is 2.26. The van der Waals surface area contributed by atoms with Gasteiger partial charge in [-0.25, -0.2) is 0 Å². The van der Waals surface area contributed by atoms with E-state index in [0.29, 0.717) is 17.8 Å². The lowest BCUT2D eigenvalue weighted by atomic mass is 9.97. The summed E-state index contributed by atoms with van der Waals surface area (Å²) >= 11 is 1.39. The van der Waals surface area contributed by atoms with Crippen molar-refractivity contribution >= 4 is 17.2 Å². The lowest BCUT2D eigenvalue weighted by molar-refractivity contribution is 0.0943. The quantitative estimate of drug-likeness (QED) is 0.824. The number of thiophene rings is 1. The van der Waals surface area contributed by atoms with Crippen molar-refractivity contribution < 1.29 is 9.90 Å². The monoisotopic (exact) mass is 265 g/mol. The first-order valence-corrected chi connectivity index (χ1v) is 6.77. The van der Waals surface area contributed by atoms with E-state index in [1.807, 2.05) is 11.4 Å². The summed E-state index contributed by atoms with van der Waals surface area (Å²) in [5.41, 5.74) is 0.801. The molecule has 1 aromatic rings. The van der Waals surface area contributed by atoms with Crippen molar-refractivity contribution in [2.24, 2.45) is 5.41 Å². The van der Waals surface area contributed by atoms with Crippen LogP contribution in [-0.2, 0) is 0 Å². The van der Waals surface area contributed by atoms with Gasteiger partial charge in [-0.15, -0.1) is 11.3 Å².